The predicted molar refractivity (Wildman–Crippen MR) is 119 cm³/mol. The molecule has 0 spiro atoms. The summed E-state index contributed by atoms with van der Waals surface area (Å²) in [4.78, 5) is 20.5. The monoisotopic (exact) mass is 416 g/mol. The molecule has 2 aromatic rings. The van der Waals surface area contributed by atoms with E-state index in [4.69, 9.17) is 16.3 Å². The fourth-order valence-electron chi connectivity index (χ4n) is 2.15. The Kier molecular flexibility index (Phi) is 14.8. The van der Waals surface area contributed by atoms with Crippen molar-refractivity contribution in [1.29, 1.82) is 0 Å². The zero-order chi connectivity index (χ0) is 22.1. The second-order valence-electron chi connectivity index (χ2n) is 5.79. The molecule has 0 saturated carbocycles. The summed E-state index contributed by atoms with van der Waals surface area (Å²) in [7, 11) is 0. The van der Waals surface area contributed by atoms with Crippen LogP contribution in [0.4, 0.5) is 0 Å². The van der Waals surface area contributed by atoms with Gasteiger partial charge in [-0.3, -0.25) is 4.79 Å². The fourth-order valence-corrected chi connectivity index (χ4v) is 2.15. The van der Waals surface area contributed by atoms with E-state index in [1.165, 1.54) is 6.08 Å². The topological polar surface area (TPSA) is 63.6 Å². The molecule has 0 heterocycles. The van der Waals surface area contributed by atoms with Gasteiger partial charge in [-0.1, -0.05) is 87.7 Å². The molecule has 0 aromatic heterocycles. The van der Waals surface area contributed by atoms with Gasteiger partial charge in [0, 0.05) is 6.08 Å². The van der Waals surface area contributed by atoms with Crippen LogP contribution in [0.3, 0.4) is 0 Å². The summed E-state index contributed by atoms with van der Waals surface area (Å²) in [5.74, 6) is -0.374. The number of benzene rings is 2. The number of carbonyl (C=O) groups is 2. The highest BCUT2D eigenvalue weighted by molar-refractivity contribution is 6.66. The van der Waals surface area contributed by atoms with Crippen molar-refractivity contribution < 1.29 is 19.4 Å². The van der Waals surface area contributed by atoms with Gasteiger partial charge >= 0.3 is 5.97 Å². The van der Waals surface area contributed by atoms with Gasteiger partial charge in [-0.2, -0.15) is 0 Å². The number of esters is 1. The number of ether oxygens (including phenoxy) is 1. The molecule has 5 heteroatoms. The van der Waals surface area contributed by atoms with Crippen molar-refractivity contribution in [2.24, 2.45) is 0 Å². The maximum atomic E-state index is 11.0. The Balaban J connectivity index is 0.000000455. The maximum absolute atomic E-state index is 11.0. The molecule has 156 valence electrons. The average molecular weight is 417 g/mol. The number of hydrogen-bond donors (Lipinski definition) is 1. The minimum absolute atomic E-state index is 0.165. The van der Waals surface area contributed by atoms with Crippen molar-refractivity contribution >= 4 is 22.8 Å². The van der Waals surface area contributed by atoms with Crippen LogP contribution >= 0.6 is 11.6 Å². The number of carbonyl (C=O) groups excluding carboxylic acids is 2. The van der Waals surface area contributed by atoms with Gasteiger partial charge in [0.2, 0.25) is 5.24 Å². The third-order valence-corrected chi connectivity index (χ3v) is 3.85. The Hall–Kier alpha value is -2.69. The molecular formula is C24H29ClO4. The number of hydrogen-bond acceptors (Lipinski definition) is 4. The number of aliphatic hydroxyl groups is 1. The van der Waals surface area contributed by atoms with E-state index < -0.39 is 5.24 Å². The maximum Gasteiger partial charge on any atom is 0.330 e. The molecule has 0 bridgehead atoms. The van der Waals surface area contributed by atoms with Gasteiger partial charge in [0.25, 0.3) is 0 Å². The van der Waals surface area contributed by atoms with Gasteiger partial charge in [-0.25, -0.2) is 4.79 Å². The molecule has 29 heavy (non-hydrogen) atoms. The Morgan fingerprint density at radius 2 is 1.38 bits per heavy atom. The van der Waals surface area contributed by atoms with Crippen LogP contribution < -0.4 is 0 Å². The Bertz CT molecular complexity index is 729. The Labute approximate surface area is 178 Å². The van der Waals surface area contributed by atoms with Crippen molar-refractivity contribution in [2.75, 3.05) is 0 Å². The summed E-state index contributed by atoms with van der Waals surface area (Å²) in [6.07, 6.45) is 3.32. The SMILES string of the molecule is C=CC(=O)Cl.C=CC(=O)OC(CC)c1ccccc1.CCC(O)c1ccccc1. The zero-order valence-electron chi connectivity index (χ0n) is 17.0. The molecule has 4 nitrogen and oxygen atoms in total. The van der Waals surface area contributed by atoms with Gasteiger partial charge in [-0.15, -0.1) is 0 Å². The van der Waals surface area contributed by atoms with Gasteiger partial charge < -0.3 is 9.84 Å². The minimum Gasteiger partial charge on any atom is -0.454 e. The lowest BCUT2D eigenvalue weighted by molar-refractivity contribution is -0.143. The van der Waals surface area contributed by atoms with Crippen molar-refractivity contribution in [1.82, 2.24) is 0 Å². The minimum atomic E-state index is -0.509. The van der Waals surface area contributed by atoms with Crippen LogP contribution in [0.25, 0.3) is 0 Å². The van der Waals surface area contributed by atoms with Gasteiger partial charge in [0.05, 0.1) is 6.10 Å². The second-order valence-corrected chi connectivity index (χ2v) is 6.16. The van der Waals surface area contributed by atoms with E-state index in [0.717, 1.165) is 30.0 Å². The second kappa shape index (κ2) is 16.3. The molecular weight excluding hydrogens is 388 g/mol. The molecule has 2 atom stereocenters. The third-order valence-electron chi connectivity index (χ3n) is 3.70. The molecule has 0 saturated heterocycles. The highest BCUT2D eigenvalue weighted by Crippen LogP contribution is 2.20. The lowest BCUT2D eigenvalue weighted by atomic mass is 10.1. The molecule has 2 rings (SSSR count). The molecule has 0 aliphatic heterocycles. The van der Waals surface area contributed by atoms with Gasteiger partial charge in [0.1, 0.15) is 6.10 Å². The number of aliphatic hydroxyl groups excluding tert-OH is 1. The van der Waals surface area contributed by atoms with E-state index >= 15 is 0 Å². The highest BCUT2D eigenvalue weighted by atomic mass is 35.5. The number of allylic oxidation sites excluding steroid dienone is 1. The molecule has 0 fully saturated rings. The van der Waals surface area contributed by atoms with Crippen molar-refractivity contribution in [3.05, 3.63) is 97.1 Å². The van der Waals surface area contributed by atoms with Crippen LogP contribution in [0.5, 0.6) is 0 Å². The summed E-state index contributed by atoms with van der Waals surface area (Å²) < 4.78 is 5.18. The smallest absolute Gasteiger partial charge is 0.330 e. The lowest BCUT2D eigenvalue weighted by Crippen LogP contribution is -2.08. The first-order valence-electron chi connectivity index (χ1n) is 9.32. The van der Waals surface area contributed by atoms with Gasteiger partial charge in [-0.05, 0) is 41.6 Å². The van der Waals surface area contributed by atoms with Crippen LogP contribution in [0.2, 0.25) is 0 Å². The largest absolute Gasteiger partial charge is 0.454 e. The Morgan fingerprint density at radius 1 is 0.931 bits per heavy atom. The van der Waals surface area contributed by atoms with Gasteiger partial charge in [0.15, 0.2) is 0 Å². The van der Waals surface area contributed by atoms with Crippen molar-refractivity contribution in [3.63, 3.8) is 0 Å². The standard InChI is InChI=1S/C12H14O2.C9H12O.C3H3ClO/c1-3-11(14-12(13)4-2)10-8-6-5-7-9-10;1-2-9(10)8-6-4-3-5-7-8;1-2-3(4)5/h4-9,11H,2-3H2,1H3;3-7,9-10H,2H2,1H3;2H,1H2. The average Bonchev–Trinajstić information content (AvgIpc) is 2.78. The molecule has 1 N–H and O–H groups in total. The van der Waals surface area contributed by atoms with E-state index in [1.807, 2.05) is 74.5 Å². The first-order chi connectivity index (χ1) is 13.9. The summed E-state index contributed by atoms with van der Waals surface area (Å²) >= 11 is 4.71. The summed E-state index contributed by atoms with van der Waals surface area (Å²) in [6, 6.07) is 19.4. The first kappa shape index (κ1) is 26.3. The van der Waals surface area contributed by atoms with Crippen molar-refractivity contribution in [3.8, 4) is 0 Å². The first-order valence-corrected chi connectivity index (χ1v) is 9.70. The molecule has 0 aliphatic carbocycles. The zero-order valence-corrected chi connectivity index (χ0v) is 17.7. The van der Waals surface area contributed by atoms with Crippen molar-refractivity contribution in [2.45, 2.75) is 38.9 Å². The van der Waals surface area contributed by atoms with Crippen LogP contribution in [0.15, 0.2) is 86.0 Å². The lowest BCUT2D eigenvalue weighted by Gasteiger charge is -2.14. The summed E-state index contributed by atoms with van der Waals surface area (Å²) in [6.45, 7) is 10.4. The molecule has 2 unspecified atom stereocenters. The van der Waals surface area contributed by atoms with E-state index in [1.54, 1.807) is 0 Å². The fraction of sp³-hybridized carbons (Fsp3) is 0.250. The van der Waals surface area contributed by atoms with E-state index in [0.29, 0.717) is 0 Å². The number of halogens is 1. The normalized spacial score (nSPS) is 11.3. The van der Waals surface area contributed by atoms with Crippen LogP contribution in [-0.4, -0.2) is 16.3 Å². The number of rotatable bonds is 7. The van der Waals surface area contributed by atoms with Crippen LogP contribution in [-0.2, 0) is 14.3 Å². The summed E-state index contributed by atoms with van der Waals surface area (Å²) in [5.41, 5.74) is 2.02. The highest BCUT2D eigenvalue weighted by Gasteiger charge is 2.11. The molecule has 0 radical (unpaired) electrons. The molecule has 0 aliphatic rings. The predicted octanol–water partition coefficient (Wildman–Crippen LogP) is 5.93. The van der Waals surface area contributed by atoms with Crippen LogP contribution in [0, 0.1) is 0 Å². The molecule has 0 amide bonds. The van der Waals surface area contributed by atoms with E-state index in [9.17, 15) is 14.7 Å². The van der Waals surface area contributed by atoms with E-state index in [-0.39, 0.29) is 18.2 Å². The third kappa shape index (κ3) is 12.4. The molecule has 2 aromatic carbocycles. The quantitative estimate of drug-likeness (QED) is 0.345. The summed E-state index contributed by atoms with van der Waals surface area (Å²) in [5, 5.41) is 8.82. The Morgan fingerprint density at radius 3 is 1.72 bits per heavy atom. The van der Waals surface area contributed by atoms with E-state index in [2.05, 4.69) is 13.2 Å². The van der Waals surface area contributed by atoms with Crippen LogP contribution in [0.1, 0.15) is 50.0 Å².